The molecule has 9 aromatic carbocycles. The Kier molecular flexibility index (Phi) is 7.30. The lowest BCUT2D eigenvalue weighted by Gasteiger charge is -2.34. The molecule has 1 heterocycles. The van der Waals surface area contributed by atoms with Gasteiger partial charge < -0.3 is 4.57 Å². The van der Waals surface area contributed by atoms with Crippen molar-refractivity contribution in [3.63, 3.8) is 0 Å². The van der Waals surface area contributed by atoms with Gasteiger partial charge in [0.2, 0.25) is 0 Å². The van der Waals surface area contributed by atoms with E-state index in [1.54, 1.807) is 0 Å². The molecule has 0 saturated carbocycles. The fraction of sp³-hybridized carbons (Fsp3) is 0.0189. The highest BCUT2D eigenvalue weighted by molar-refractivity contribution is 9.10. The van der Waals surface area contributed by atoms with Gasteiger partial charge in [-0.2, -0.15) is 0 Å². The summed E-state index contributed by atoms with van der Waals surface area (Å²) in [7, 11) is 0. The summed E-state index contributed by atoms with van der Waals surface area (Å²) in [6, 6.07) is 76.2. The second kappa shape index (κ2) is 12.6. The summed E-state index contributed by atoms with van der Waals surface area (Å²) >= 11 is 3.71. The molecule has 0 N–H and O–H groups in total. The third-order valence-corrected chi connectivity index (χ3v) is 12.2. The smallest absolute Gasteiger partial charge is 0.0714 e. The Morgan fingerprint density at radius 1 is 0.364 bits per heavy atom. The van der Waals surface area contributed by atoms with E-state index in [2.05, 4.69) is 227 Å². The van der Waals surface area contributed by atoms with Crippen LogP contribution in [0.15, 0.2) is 211 Å². The first-order valence-electron chi connectivity index (χ1n) is 18.9. The minimum Gasteiger partial charge on any atom is -0.309 e. The first kappa shape index (κ1) is 32.0. The average molecular weight is 765 g/mol. The summed E-state index contributed by atoms with van der Waals surface area (Å²) in [6.07, 6.45) is 0. The molecule has 0 spiro atoms. The number of aromatic nitrogens is 1. The monoisotopic (exact) mass is 763 g/mol. The van der Waals surface area contributed by atoms with Crippen LogP contribution in [0.5, 0.6) is 0 Å². The van der Waals surface area contributed by atoms with Gasteiger partial charge in [-0.05, 0) is 109 Å². The van der Waals surface area contributed by atoms with Crippen molar-refractivity contribution in [1.82, 2.24) is 4.57 Å². The van der Waals surface area contributed by atoms with E-state index in [4.69, 9.17) is 0 Å². The van der Waals surface area contributed by atoms with Gasteiger partial charge in [0.05, 0.1) is 16.4 Å². The molecular formula is C53H34BrN. The molecule has 1 nitrogen and oxygen atoms in total. The number of hydrogen-bond donors (Lipinski definition) is 0. The summed E-state index contributed by atoms with van der Waals surface area (Å²) in [5, 5.41) is 4.97. The topological polar surface area (TPSA) is 4.93 Å². The van der Waals surface area contributed by atoms with E-state index in [1.165, 1.54) is 88.2 Å². The summed E-state index contributed by atoms with van der Waals surface area (Å²) in [6.45, 7) is 0. The minimum atomic E-state index is -0.482. The van der Waals surface area contributed by atoms with Gasteiger partial charge in [0.15, 0.2) is 0 Å². The van der Waals surface area contributed by atoms with Crippen LogP contribution >= 0.6 is 15.9 Å². The first-order valence-corrected chi connectivity index (χ1v) is 19.7. The number of halogens is 1. The van der Waals surface area contributed by atoms with Crippen molar-refractivity contribution in [2.24, 2.45) is 0 Å². The highest BCUT2D eigenvalue weighted by Crippen LogP contribution is 2.56. The largest absolute Gasteiger partial charge is 0.309 e. The Hall–Kier alpha value is -6.48. The van der Waals surface area contributed by atoms with Gasteiger partial charge in [0.25, 0.3) is 0 Å². The first-order chi connectivity index (χ1) is 27.2. The van der Waals surface area contributed by atoms with Crippen LogP contribution in [0.25, 0.3) is 71.6 Å². The fourth-order valence-electron chi connectivity index (χ4n) is 9.36. The van der Waals surface area contributed by atoms with E-state index in [9.17, 15) is 0 Å². The van der Waals surface area contributed by atoms with E-state index in [0.29, 0.717) is 0 Å². The lowest BCUT2D eigenvalue weighted by molar-refractivity contribution is 0.767. The van der Waals surface area contributed by atoms with Crippen molar-refractivity contribution in [2.75, 3.05) is 0 Å². The van der Waals surface area contributed by atoms with Gasteiger partial charge in [-0.25, -0.2) is 0 Å². The van der Waals surface area contributed by atoms with Crippen molar-refractivity contribution < 1.29 is 0 Å². The third-order valence-electron chi connectivity index (χ3n) is 11.7. The molecule has 0 fully saturated rings. The van der Waals surface area contributed by atoms with Crippen LogP contribution in [0.1, 0.15) is 22.3 Å². The maximum Gasteiger partial charge on any atom is 0.0714 e. The molecule has 0 saturated heterocycles. The Balaban J connectivity index is 1.22. The summed E-state index contributed by atoms with van der Waals surface area (Å²) < 4.78 is 3.58. The molecule has 0 aliphatic heterocycles. The molecule has 0 bridgehead atoms. The molecule has 0 atom stereocenters. The maximum absolute atomic E-state index is 3.71. The summed E-state index contributed by atoms with van der Waals surface area (Å²) in [5.41, 5.74) is 15.6. The normalized spacial score (nSPS) is 13.0. The van der Waals surface area contributed by atoms with Crippen LogP contribution < -0.4 is 0 Å². The number of benzene rings is 9. The van der Waals surface area contributed by atoms with Crippen LogP contribution in [0.2, 0.25) is 0 Å². The second-order valence-corrected chi connectivity index (χ2v) is 15.5. The molecule has 0 amide bonds. The van der Waals surface area contributed by atoms with Gasteiger partial charge >= 0.3 is 0 Å². The van der Waals surface area contributed by atoms with Gasteiger partial charge in [0, 0.05) is 20.9 Å². The Bertz CT molecular complexity index is 3060. The van der Waals surface area contributed by atoms with Crippen LogP contribution in [0.4, 0.5) is 0 Å². The molecule has 11 rings (SSSR count). The summed E-state index contributed by atoms with van der Waals surface area (Å²) in [5.74, 6) is 0. The predicted molar refractivity (Wildman–Crippen MR) is 234 cm³/mol. The number of rotatable bonds is 5. The zero-order valence-corrected chi connectivity index (χ0v) is 31.5. The number of nitrogens with zero attached hydrogens (tertiary/aromatic N) is 1. The highest BCUT2D eigenvalue weighted by Gasteiger charge is 2.46. The lowest BCUT2D eigenvalue weighted by Crippen LogP contribution is -2.28. The van der Waals surface area contributed by atoms with E-state index < -0.39 is 5.41 Å². The van der Waals surface area contributed by atoms with E-state index in [-0.39, 0.29) is 0 Å². The van der Waals surface area contributed by atoms with E-state index in [1.807, 2.05) is 0 Å². The van der Waals surface area contributed by atoms with Crippen molar-refractivity contribution in [3.8, 4) is 39.1 Å². The van der Waals surface area contributed by atoms with E-state index >= 15 is 0 Å². The van der Waals surface area contributed by atoms with Crippen molar-refractivity contribution in [2.45, 2.75) is 5.41 Å². The Morgan fingerprint density at radius 2 is 0.945 bits per heavy atom. The zero-order valence-electron chi connectivity index (χ0n) is 30.0. The van der Waals surface area contributed by atoms with Gasteiger partial charge in [-0.1, -0.05) is 180 Å². The minimum absolute atomic E-state index is 0.482. The van der Waals surface area contributed by atoms with Crippen molar-refractivity contribution in [1.29, 1.82) is 0 Å². The Morgan fingerprint density at radius 3 is 1.65 bits per heavy atom. The van der Waals surface area contributed by atoms with Crippen LogP contribution in [-0.4, -0.2) is 4.57 Å². The molecule has 0 radical (unpaired) electrons. The number of fused-ring (bicyclic) bond motifs is 7. The highest BCUT2D eigenvalue weighted by atomic mass is 79.9. The van der Waals surface area contributed by atoms with Gasteiger partial charge in [-0.3, -0.25) is 0 Å². The third kappa shape index (κ3) is 4.85. The Labute approximate surface area is 328 Å². The van der Waals surface area contributed by atoms with Crippen LogP contribution in [0, 0.1) is 0 Å². The van der Waals surface area contributed by atoms with Gasteiger partial charge in [0.1, 0.15) is 0 Å². The number of hydrogen-bond acceptors (Lipinski definition) is 0. The fourth-order valence-corrected chi connectivity index (χ4v) is 9.76. The van der Waals surface area contributed by atoms with E-state index in [0.717, 1.165) is 10.2 Å². The zero-order chi connectivity index (χ0) is 36.5. The molecule has 0 unspecified atom stereocenters. The second-order valence-electron chi connectivity index (χ2n) is 14.6. The average Bonchev–Trinajstić information content (AvgIpc) is 3.72. The molecule has 258 valence electrons. The van der Waals surface area contributed by atoms with Crippen molar-refractivity contribution in [3.05, 3.63) is 233 Å². The maximum atomic E-state index is 3.71. The molecule has 2 heteroatoms. The molecule has 1 aliphatic rings. The quantitative estimate of drug-likeness (QED) is 0.164. The van der Waals surface area contributed by atoms with Crippen LogP contribution in [-0.2, 0) is 5.41 Å². The predicted octanol–water partition coefficient (Wildman–Crippen LogP) is 14.4. The van der Waals surface area contributed by atoms with Gasteiger partial charge in [-0.15, -0.1) is 0 Å². The molecule has 55 heavy (non-hydrogen) atoms. The summed E-state index contributed by atoms with van der Waals surface area (Å²) in [4.78, 5) is 0. The van der Waals surface area contributed by atoms with Crippen molar-refractivity contribution >= 4 is 48.5 Å². The SMILES string of the molecule is Brc1cccc(-c2ccccc2-c2ccc3c4cc5ccccc5cc4n(-c4ccc5c(c4)C(c4ccccc4)(c4ccccc4)c4ccccc4-5)c3c2)c1. The van der Waals surface area contributed by atoms with Crippen LogP contribution in [0.3, 0.4) is 0 Å². The molecule has 10 aromatic rings. The molecular weight excluding hydrogens is 730 g/mol. The molecule has 1 aliphatic carbocycles. The lowest BCUT2D eigenvalue weighted by atomic mass is 9.67. The standard InChI is InChI=1S/C53H34BrN/c54-41-21-13-16-37(30-41)43-22-9-10-23-44(43)38-26-28-47-48-31-35-14-7-8-15-36(35)32-52(48)55(51(47)33-38)42-27-29-46-45-24-11-12-25-49(45)53(50(46)34-42,39-17-3-1-4-18-39)40-19-5-2-6-20-40/h1-34H. The molecule has 1 aromatic heterocycles.